The molecule has 0 spiro atoms. The van der Waals surface area contributed by atoms with Crippen molar-refractivity contribution < 1.29 is 48.2 Å². The second kappa shape index (κ2) is 9.19. The van der Waals surface area contributed by atoms with Crippen LogP contribution in [0.3, 0.4) is 0 Å². The average molecular weight is 475 g/mol. The lowest BCUT2D eigenvalue weighted by Crippen LogP contribution is -2.63. The molecule has 0 aliphatic carbocycles. The highest BCUT2D eigenvalue weighted by Gasteiger charge is 2.56. The first-order valence-electron chi connectivity index (χ1n) is 8.16. The summed E-state index contributed by atoms with van der Waals surface area (Å²) < 4.78 is 45.1. The van der Waals surface area contributed by atoms with E-state index in [4.69, 9.17) is 33.9 Å². The molecule has 1 aliphatic heterocycles. The van der Waals surface area contributed by atoms with Gasteiger partial charge in [0.25, 0.3) is 17.9 Å². The van der Waals surface area contributed by atoms with Crippen LogP contribution >= 0.6 is 0 Å². The molecule has 0 aromatic heterocycles. The Morgan fingerprint density at radius 2 is 0.889 bits per heavy atom. The molecule has 0 N–H and O–H groups in total. The summed E-state index contributed by atoms with van der Waals surface area (Å²) in [6.07, 6.45) is 0. The minimum absolute atomic E-state index is 0.570. The van der Waals surface area contributed by atoms with E-state index >= 15 is 0 Å². The van der Waals surface area contributed by atoms with Crippen molar-refractivity contribution in [1.82, 2.24) is 0 Å². The quantitative estimate of drug-likeness (QED) is 0.520. The molecule has 4 unspecified atom stereocenters. The molecule has 0 bridgehead atoms. The van der Waals surface area contributed by atoms with Gasteiger partial charge in [0.1, 0.15) is 0 Å². The summed E-state index contributed by atoms with van der Waals surface area (Å²) in [4.78, 5) is 34.6. The van der Waals surface area contributed by atoms with E-state index in [9.17, 15) is 14.4 Å². The highest BCUT2D eigenvalue weighted by molar-refractivity contribution is 6.84. The third-order valence-corrected chi connectivity index (χ3v) is 20.0. The van der Waals surface area contributed by atoms with E-state index in [-0.39, 0.29) is 0 Å². The Bertz CT molecular complexity index is 553. The van der Waals surface area contributed by atoms with Crippen LogP contribution in [0.25, 0.3) is 0 Å². The molecule has 1 fully saturated rings. The summed E-state index contributed by atoms with van der Waals surface area (Å²) in [6, 6.07) is 0. The lowest BCUT2D eigenvalue weighted by atomic mass is 10.9. The second-order valence-electron chi connectivity index (χ2n) is 6.08. The Labute approximate surface area is 164 Å². The lowest BCUT2D eigenvalue weighted by molar-refractivity contribution is -0.136. The highest BCUT2D eigenvalue weighted by Crippen LogP contribution is 2.26. The van der Waals surface area contributed by atoms with Gasteiger partial charge in [-0.2, -0.15) is 0 Å². The van der Waals surface area contributed by atoms with Gasteiger partial charge in [-0.1, -0.05) is 0 Å². The SMILES string of the molecule is CC(=O)O[Si]1(C)O[SiH](C)O[Si](C)(OC(C)=O)O[Si](C)(OC(C)=O)O[SiH](C)O1. The fraction of sp³-hybridized carbons (Fsp3) is 0.727. The average Bonchev–Trinajstić information content (AvgIpc) is 2.29. The first-order chi connectivity index (χ1) is 12.2. The van der Waals surface area contributed by atoms with Crippen LogP contribution in [0.4, 0.5) is 0 Å². The summed E-state index contributed by atoms with van der Waals surface area (Å²) in [7, 11) is -15.8. The molecule has 1 rings (SSSR count). The normalized spacial score (nSPS) is 37.8. The molecule has 1 saturated heterocycles. The molecule has 1 heterocycles. The predicted octanol–water partition coefficient (Wildman–Crippen LogP) is 0.179. The number of carbonyl (C=O) groups excluding carboxylic acids is 3. The van der Waals surface area contributed by atoms with Crippen molar-refractivity contribution in [3.63, 3.8) is 0 Å². The maximum Gasteiger partial charge on any atom is 0.548 e. The van der Waals surface area contributed by atoms with E-state index in [2.05, 4.69) is 0 Å². The van der Waals surface area contributed by atoms with Crippen molar-refractivity contribution in [3.8, 4) is 0 Å². The summed E-state index contributed by atoms with van der Waals surface area (Å²) >= 11 is 0. The Hall–Kier alpha value is -0.706. The van der Waals surface area contributed by atoms with Crippen molar-refractivity contribution >= 4 is 62.9 Å². The van der Waals surface area contributed by atoms with Crippen molar-refractivity contribution in [3.05, 3.63) is 0 Å². The molecule has 16 heteroatoms. The first kappa shape index (κ1) is 24.3. The first-order valence-corrected chi connectivity index (χ1v) is 19.0. The Kier molecular flexibility index (Phi) is 8.29. The van der Waals surface area contributed by atoms with Crippen LogP contribution in [0.1, 0.15) is 20.8 Å². The summed E-state index contributed by atoms with van der Waals surface area (Å²) in [6.45, 7) is 11.5. The monoisotopic (exact) mass is 474 g/mol. The molecular weight excluding hydrogens is 449 g/mol. The predicted molar refractivity (Wildman–Crippen MR) is 102 cm³/mol. The van der Waals surface area contributed by atoms with Gasteiger partial charge < -0.3 is 33.9 Å². The molecule has 156 valence electrons. The minimum atomic E-state index is -3.64. The fourth-order valence-electron chi connectivity index (χ4n) is 2.59. The molecule has 0 aromatic rings. The van der Waals surface area contributed by atoms with Gasteiger partial charge in [-0.25, -0.2) is 0 Å². The number of hydrogen-bond acceptors (Lipinski definition) is 11. The van der Waals surface area contributed by atoms with Crippen LogP contribution in [0.5, 0.6) is 0 Å². The fourth-order valence-corrected chi connectivity index (χ4v) is 20.8. The smallest absolute Gasteiger partial charge is 0.475 e. The molecule has 1 aliphatic rings. The topological polar surface area (TPSA) is 125 Å². The zero-order chi connectivity index (χ0) is 21.0. The van der Waals surface area contributed by atoms with Crippen molar-refractivity contribution in [2.75, 3.05) is 0 Å². The second-order valence-corrected chi connectivity index (χ2v) is 18.7. The van der Waals surface area contributed by atoms with Gasteiger partial charge in [-0.3, -0.25) is 14.4 Å². The number of carbonyl (C=O) groups is 3. The molecule has 0 saturated carbocycles. The van der Waals surface area contributed by atoms with E-state index in [0.29, 0.717) is 0 Å². The van der Waals surface area contributed by atoms with Gasteiger partial charge in [0.15, 0.2) is 0 Å². The Morgan fingerprint density at radius 3 is 1.19 bits per heavy atom. The molecule has 27 heavy (non-hydrogen) atoms. The standard InChI is InChI=1S/C11H26O11Si5/c1-9(12)15-25(6)18-23(4)20-26(7,16-10(2)13)22-27(8,17-11(3)14)21-24(5)19-25/h23-24H,1-8H3. The van der Waals surface area contributed by atoms with E-state index in [1.54, 1.807) is 19.6 Å². The van der Waals surface area contributed by atoms with Crippen molar-refractivity contribution in [2.45, 2.75) is 53.5 Å². The van der Waals surface area contributed by atoms with Gasteiger partial charge in [0, 0.05) is 40.4 Å². The van der Waals surface area contributed by atoms with Crippen molar-refractivity contribution in [2.24, 2.45) is 0 Å². The number of rotatable bonds is 3. The molecular formula is C11H26O11Si5. The van der Waals surface area contributed by atoms with Crippen molar-refractivity contribution in [1.29, 1.82) is 0 Å². The maximum atomic E-state index is 11.6. The van der Waals surface area contributed by atoms with Crippen LogP contribution < -0.4 is 0 Å². The molecule has 4 atom stereocenters. The molecule has 0 amide bonds. The van der Waals surface area contributed by atoms with Gasteiger partial charge >= 0.3 is 45.0 Å². The summed E-state index contributed by atoms with van der Waals surface area (Å²) in [5.74, 6) is -1.81. The molecule has 0 aromatic carbocycles. The van der Waals surface area contributed by atoms with Crippen LogP contribution in [-0.4, -0.2) is 62.9 Å². The van der Waals surface area contributed by atoms with Gasteiger partial charge in [0.2, 0.25) is 0 Å². The third kappa shape index (κ3) is 8.45. The molecule has 0 radical (unpaired) electrons. The zero-order valence-electron chi connectivity index (χ0n) is 16.6. The van der Waals surface area contributed by atoms with Crippen LogP contribution in [0, 0.1) is 0 Å². The van der Waals surface area contributed by atoms with Crippen LogP contribution in [0.2, 0.25) is 32.7 Å². The number of hydrogen-bond donors (Lipinski definition) is 0. The van der Waals surface area contributed by atoms with E-state index in [0.717, 1.165) is 0 Å². The Balaban J connectivity index is 3.29. The van der Waals surface area contributed by atoms with E-state index < -0.39 is 62.9 Å². The Morgan fingerprint density at radius 1 is 0.630 bits per heavy atom. The van der Waals surface area contributed by atoms with Gasteiger partial charge in [-0.15, -0.1) is 0 Å². The third-order valence-electron chi connectivity index (χ3n) is 2.88. The minimum Gasteiger partial charge on any atom is -0.475 e. The van der Waals surface area contributed by atoms with Crippen LogP contribution in [-0.2, 0) is 48.2 Å². The van der Waals surface area contributed by atoms with E-state index in [1.807, 2.05) is 0 Å². The van der Waals surface area contributed by atoms with E-state index in [1.165, 1.54) is 33.9 Å². The summed E-state index contributed by atoms with van der Waals surface area (Å²) in [5, 5.41) is 0. The maximum absolute atomic E-state index is 11.6. The highest BCUT2D eigenvalue weighted by atomic mass is 28.5. The summed E-state index contributed by atoms with van der Waals surface area (Å²) in [5.41, 5.74) is 0. The van der Waals surface area contributed by atoms with Gasteiger partial charge in [-0.05, 0) is 13.1 Å². The van der Waals surface area contributed by atoms with Gasteiger partial charge in [0.05, 0.1) is 0 Å². The largest absolute Gasteiger partial charge is 0.548 e. The lowest BCUT2D eigenvalue weighted by Gasteiger charge is -2.39. The molecule has 11 nitrogen and oxygen atoms in total. The zero-order valence-corrected chi connectivity index (χ0v) is 22.0. The van der Waals surface area contributed by atoms with Crippen LogP contribution in [0.15, 0.2) is 0 Å².